The zero-order chi connectivity index (χ0) is 30.4. The van der Waals surface area contributed by atoms with Crippen molar-refractivity contribution in [3.63, 3.8) is 0 Å². The van der Waals surface area contributed by atoms with Gasteiger partial charge in [-0.25, -0.2) is 4.79 Å². The van der Waals surface area contributed by atoms with Crippen molar-refractivity contribution in [2.45, 2.75) is 76.5 Å². The summed E-state index contributed by atoms with van der Waals surface area (Å²) in [5, 5.41) is 27.1. The summed E-state index contributed by atoms with van der Waals surface area (Å²) in [4.78, 5) is 51.6. The molecule has 0 aliphatic carbocycles. The Bertz CT molecular complexity index is 1130. The molecule has 2 aromatic rings. The summed E-state index contributed by atoms with van der Waals surface area (Å²) in [5.41, 5.74) is 13.2. The van der Waals surface area contributed by atoms with Gasteiger partial charge in [0, 0.05) is 6.42 Å². The van der Waals surface area contributed by atoms with Crippen molar-refractivity contribution in [2.24, 2.45) is 17.4 Å². The van der Waals surface area contributed by atoms with Crippen molar-refractivity contribution < 1.29 is 29.4 Å². The van der Waals surface area contributed by atoms with Crippen LogP contribution in [0.3, 0.4) is 0 Å². The second-order valence-corrected chi connectivity index (χ2v) is 10.3. The molecular weight excluding hydrogens is 526 g/mol. The number of nitrogens with two attached hydrogens (primary N) is 2. The number of amides is 3. The molecule has 2 aromatic carbocycles. The molecule has 0 spiro atoms. The molecule has 41 heavy (non-hydrogen) atoms. The Morgan fingerprint density at radius 3 is 2.00 bits per heavy atom. The average molecular weight is 570 g/mol. The van der Waals surface area contributed by atoms with E-state index in [9.17, 15) is 29.4 Å². The third-order valence-electron chi connectivity index (χ3n) is 7.00. The number of carbonyl (C=O) groups is 4. The Hall–Kier alpha value is -3.96. The number of aromatic hydroxyl groups is 1. The van der Waals surface area contributed by atoms with E-state index in [2.05, 4.69) is 16.0 Å². The van der Waals surface area contributed by atoms with Crippen LogP contribution in [-0.2, 0) is 32.0 Å². The van der Waals surface area contributed by atoms with Crippen molar-refractivity contribution in [2.75, 3.05) is 6.54 Å². The Labute approximate surface area is 241 Å². The largest absolute Gasteiger partial charge is 0.508 e. The molecule has 0 saturated carbocycles. The summed E-state index contributed by atoms with van der Waals surface area (Å²) in [5.74, 6) is -3.14. The van der Waals surface area contributed by atoms with Gasteiger partial charge in [0.2, 0.25) is 17.7 Å². The molecule has 0 heterocycles. The van der Waals surface area contributed by atoms with Gasteiger partial charge in [0.05, 0.1) is 6.04 Å². The maximum atomic E-state index is 13.6. The van der Waals surface area contributed by atoms with E-state index in [1.807, 2.05) is 37.3 Å². The maximum Gasteiger partial charge on any atom is 0.326 e. The van der Waals surface area contributed by atoms with Crippen LogP contribution in [0, 0.1) is 5.92 Å². The van der Waals surface area contributed by atoms with Crippen LogP contribution in [0.1, 0.15) is 50.7 Å². The van der Waals surface area contributed by atoms with Crippen molar-refractivity contribution in [1.29, 1.82) is 0 Å². The number of phenols is 1. The molecule has 0 radical (unpaired) electrons. The first-order valence-corrected chi connectivity index (χ1v) is 14.0. The highest BCUT2D eigenvalue weighted by molar-refractivity contribution is 5.94. The van der Waals surface area contributed by atoms with E-state index in [0.717, 1.165) is 11.1 Å². The first-order valence-electron chi connectivity index (χ1n) is 14.0. The van der Waals surface area contributed by atoms with Crippen LogP contribution in [0.5, 0.6) is 5.75 Å². The fraction of sp³-hybridized carbons (Fsp3) is 0.467. The molecule has 11 nitrogen and oxygen atoms in total. The number of hydrogen-bond acceptors (Lipinski definition) is 7. The number of phenolic OH excluding ortho intramolecular Hbond substituents is 1. The van der Waals surface area contributed by atoms with E-state index < -0.39 is 47.9 Å². The molecule has 0 bridgehead atoms. The second-order valence-electron chi connectivity index (χ2n) is 10.3. The topological polar surface area (TPSA) is 197 Å². The van der Waals surface area contributed by atoms with E-state index in [0.29, 0.717) is 25.8 Å². The predicted octanol–water partition coefficient (Wildman–Crippen LogP) is 1.22. The van der Waals surface area contributed by atoms with Gasteiger partial charge in [0.25, 0.3) is 0 Å². The second kappa shape index (κ2) is 17.0. The summed E-state index contributed by atoms with van der Waals surface area (Å²) in [7, 11) is 0. The standard InChI is InChI=1S/C30H43N5O6/c1-3-19(2)26(29(39)33-24(30(40)41)11-7-8-16-31)35-28(38)25(18-20-9-5-4-6-10-20)34-27(37)23(32)17-21-12-14-22(36)15-13-21/h4-6,9-10,12-15,19,23-26,36H,3,7-8,11,16-18,31-32H2,1-2H3,(H,33,39)(H,34,37)(H,35,38)(H,40,41). The SMILES string of the molecule is CCC(C)C(NC(=O)C(Cc1ccccc1)NC(=O)C(N)Cc1ccc(O)cc1)C(=O)NC(CCCCN)C(=O)O. The van der Waals surface area contributed by atoms with Crippen LogP contribution < -0.4 is 27.4 Å². The Morgan fingerprint density at radius 2 is 1.41 bits per heavy atom. The minimum Gasteiger partial charge on any atom is -0.508 e. The highest BCUT2D eigenvalue weighted by Crippen LogP contribution is 2.13. The van der Waals surface area contributed by atoms with E-state index in [1.54, 1.807) is 19.1 Å². The van der Waals surface area contributed by atoms with Crippen LogP contribution in [0.15, 0.2) is 54.6 Å². The molecule has 9 N–H and O–H groups in total. The number of nitrogens with one attached hydrogen (secondary N) is 3. The van der Waals surface area contributed by atoms with Gasteiger partial charge in [-0.2, -0.15) is 0 Å². The number of aliphatic carboxylic acids is 1. The number of benzene rings is 2. The van der Waals surface area contributed by atoms with Crippen molar-refractivity contribution in [1.82, 2.24) is 16.0 Å². The number of hydrogen-bond donors (Lipinski definition) is 7. The summed E-state index contributed by atoms with van der Waals surface area (Å²) in [6, 6.07) is 11.3. The van der Waals surface area contributed by atoms with E-state index >= 15 is 0 Å². The van der Waals surface area contributed by atoms with Crippen molar-refractivity contribution in [3.8, 4) is 5.75 Å². The molecule has 5 atom stereocenters. The molecule has 224 valence electrons. The summed E-state index contributed by atoms with van der Waals surface area (Å²) >= 11 is 0. The molecule has 0 saturated heterocycles. The Kier molecular flexibility index (Phi) is 13.8. The zero-order valence-electron chi connectivity index (χ0n) is 23.7. The third kappa shape index (κ3) is 11.2. The number of carboxylic acid groups (broad SMARTS) is 1. The van der Waals surface area contributed by atoms with Gasteiger partial charge in [-0.1, -0.05) is 62.7 Å². The zero-order valence-corrected chi connectivity index (χ0v) is 23.7. The van der Waals surface area contributed by atoms with Crippen molar-refractivity contribution in [3.05, 3.63) is 65.7 Å². The van der Waals surface area contributed by atoms with Gasteiger partial charge < -0.3 is 37.6 Å². The van der Waals surface area contributed by atoms with E-state index in [1.165, 1.54) is 12.1 Å². The highest BCUT2D eigenvalue weighted by atomic mass is 16.4. The number of carboxylic acids is 1. The fourth-order valence-corrected chi connectivity index (χ4v) is 4.28. The monoisotopic (exact) mass is 569 g/mol. The molecule has 11 heteroatoms. The Balaban J connectivity index is 2.20. The average Bonchev–Trinajstić information content (AvgIpc) is 2.96. The van der Waals surface area contributed by atoms with Crippen LogP contribution in [0.2, 0.25) is 0 Å². The van der Waals surface area contributed by atoms with Gasteiger partial charge in [0.15, 0.2) is 0 Å². The van der Waals surface area contributed by atoms with Crippen LogP contribution in [-0.4, -0.2) is 64.6 Å². The summed E-state index contributed by atoms with van der Waals surface area (Å²) < 4.78 is 0. The lowest BCUT2D eigenvalue weighted by Gasteiger charge is -2.28. The number of rotatable bonds is 17. The highest BCUT2D eigenvalue weighted by Gasteiger charge is 2.32. The minimum absolute atomic E-state index is 0.0940. The normalized spacial score (nSPS) is 14.6. The molecule has 2 rings (SSSR count). The van der Waals surface area contributed by atoms with Crippen LogP contribution >= 0.6 is 0 Å². The van der Waals surface area contributed by atoms with Gasteiger partial charge in [-0.15, -0.1) is 0 Å². The number of unbranched alkanes of at least 4 members (excludes halogenated alkanes) is 1. The molecule has 0 aromatic heterocycles. The first kappa shape index (κ1) is 33.2. The molecular formula is C30H43N5O6. The van der Waals surface area contributed by atoms with Gasteiger partial charge >= 0.3 is 5.97 Å². The smallest absolute Gasteiger partial charge is 0.326 e. The molecule has 5 unspecified atom stereocenters. The van der Waals surface area contributed by atoms with E-state index in [-0.39, 0.29) is 30.9 Å². The predicted molar refractivity (Wildman–Crippen MR) is 156 cm³/mol. The van der Waals surface area contributed by atoms with Crippen LogP contribution in [0.25, 0.3) is 0 Å². The minimum atomic E-state index is -1.17. The fourth-order valence-electron chi connectivity index (χ4n) is 4.28. The molecule has 0 aliphatic heterocycles. The molecule has 0 fully saturated rings. The number of carbonyl (C=O) groups excluding carboxylic acids is 3. The van der Waals surface area contributed by atoms with E-state index in [4.69, 9.17) is 11.5 Å². The summed E-state index contributed by atoms with van der Waals surface area (Å²) in [6.07, 6.45) is 2.24. The van der Waals surface area contributed by atoms with Gasteiger partial charge in [-0.05, 0) is 61.4 Å². The maximum absolute atomic E-state index is 13.6. The molecule has 3 amide bonds. The Morgan fingerprint density at radius 1 is 0.805 bits per heavy atom. The lowest BCUT2D eigenvalue weighted by molar-refractivity contribution is -0.143. The third-order valence-corrected chi connectivity index (χ3v) is 7.00. The lowest BCUT2D eigenvalue weighted by atomic mass is 9.96. The van der Waals surface area contributed by atoms with Crippen LogP contribution in [0.4, 0.5) is 0 Å². The van der Waals surface area contributed by atoms with Gasteiger partial charge in [-0.3, -0.25) is 14.4 Å². The molecule has 0 aliphatic rings. The summed E-state index contributed by atoms with van der Waals surface area (Å²) in [6.45, 7) is 4.06. The van der Waals surface area contributed by atoms with Gasteiger partial charge in [0.1, 0.15) is 23.9 Å². The quantitative estimate of drug-likeness (QED) is 0.138. The van der Waals surface area contributed by atoms with Crippen molar-refractivity contribution >= 4 is 23.7 Å². The lowest BCUT2D eigenvalue weighted by Crippen LogP contribution is -2.59. The first-order chi connectivity index (χ1) is 19.5.